The number of carbonyl (C=O) groups is 1. The molecule has 28 heavy (non-hydrogen) atoms. The Labute approximate surface area is 164 Å². The van der Waals surface area contributed by atoms with Crippen LogP contribution in [-0.2, 0) is 11.0 Å². The van der Waals surface area contributed by atoms with Gasteiger partial charge in [0.15, 0.2) is 4.77 Å². The molecular formula is C20H16F3N3OS. The molecule has 1 aliphatic carbocycles. The van der Waals surface area contributed by atoms with Gasteiger partial charge in [0.05, 0.1) is 5.56 Å². The van der Waals surface area contributed by atoms with E-state index in [1.807, 2.05) is 6.07 Å². The van der Waals surface area contributed by atoms with Gasteiger partial charge in [0.1, 0.15) is 0 Å². The van der Waals surface area contributed by atoms with Crippen molar-refractivity contribution < 1.29 is 18.0 Å². The van der Waals surface area contributed by atoms with E-state index < -0.39 is 23.6 Å². The third-order valence-corrected chi connectivity index (χ3v) is 5.15. The van der Waals surface area contributed by atoms with Crippen molar-refractivity contribution in [2.75, 3.05) is 5.32 Å². The molecule has 0 aliphatic heterocycles. The fourth-order valence-corrected chi connectivity index (χ4v) is 3.63. The zero-order valence-corrected chi connectivity index (χ0v) is 15.3. The number of anilines is 1. The standard InChI is InChI=1S/C20H16F3N3OS/c21-20(22,23)17-7-2-1-6-14(17)15-11-16(15)18(27)25-12-4-3-5-13(10-12)26-9-8-24-19(26)28/h1-10,15-16H,11H2,(H,24,28)(H,25,27)/t15-,16+/m1/s1. The zero-order valence-electron chi connectivity index (χ0n) is 14.5. The average molecular weight is 403 g/mol. The number of nitrogens with one attached hydrogen (secondary N) is 2. The van der Waals surface area contributed by atoms with Crippen molar-refractivity contribution in [3.05, 3.63) is 76.8 Å². The van der Waals surface area contributed by atoms with Gasteiger partial charge in [-0.1, -0.05) is 24.3 Å². The zero-order chi connectivity index (χ0) is 19.9. The Hall–Kier alpha value is -2.87. The summed E-state index contributed by atoms with van der Waals surface area (Å²) >= 11 is 5.19. The van der Waals surface area contributed by atoms with Crippen LogP contribution in [0.4, 0.5) is 18.9 Å². The Kier molecular flexibility index (Phi) is 4.58. The fraction of sp³-hybridized carbons (Fsp3) is 0.200. The molecule has 1 fully saturated rings. The Bertz CT molecular complexity index is 1090. The number of hydrogen-bond acceptors (Lipinski definition) is 2. The highest BCUT2D eigenvalue weighted by Gasteiger charge is 2.47. The molecule has 2 atom stereocenters. The van der Waals surface area contributed by atoms with E-state index in [1.54, 1.807) is 41.2 Å². The molecule has 3 aromatic rings. The minimum Gasteiger partial charge on any atom is -0.337 e. The number of carbonyl (C=O) groups excluding carboxylic acids is 1. The van der Waals surface area contributed by atoms with Gasteiger partial charge in [0.25, 0.3) is 0 Å². The molecule has 1 saturated carbocycles. The first kappa shape index (κ1) is 18.5. The van der Waals surface area contributed by atoms with Gasteiger partial charge in [-0.25, -0.2) is 0 Å². The van der Waals surface area contributed by atoms with Gasteiger partial charge in [-0.2, -0.15) is 13.2 Å². The van der Waals surface area contributed by atoms with E-state index >= 15 is 0 Å². The van der Waals surface area contributed by atoms with Crippen molar-refractivity contribution in [1.29, 1.82) is 0 Å². The second-order valence-electron chi connectivity index (χ2n) is 6.71. The Balaban J connectivity index is 1.50. The minimum atomic E-state index is -4.43. The number of amides is 1. The van der Waals surface area contributed by atoms with Gasteiger partial charge < -0.3 is 10.3 Å². The molecule has 0 unspecified atom stereocenters. The molecule has 2 aromatic carbocycles. The van der Waals surface area contributed by atoms with E-state index in [2.05, 4.69) is 10.3 Å². The number of aromatic amines is 1. The molecule has 0 bridgehead atoms. The molecule has 0 radical (unpaired) electrons. The summed E-state index contributed by atoms with van der Waals surface area (Å²) in [6, 6.07) is 12.6. The lowest BCUT2D eigenvalue weighted by atomic mass is 10.0. The van der Waals surface area contributed by atoms with Crippen molar-refractivity contribution in [2.45, 2.75) is 18.5 Å². The lowest BCUT2D eigenvalue weighted by molar-refractivity contribution is -0.138. The fourth-order valence-electron chi connectivity index (χ4n) is 3.40. The molecule has 2 N–H and O–H groups in total. The quantitative estimate of drug-likeness (QED) is 0.581. The van der Waals surface area contributed by atoms with Crippen LogP contribution in [0.2, 0.25) is 0 Å². The number of halogens is 3. The number of alkyl halides is 3. The van der Waals surface area contributed by atoms with Crippen molar-refractivity contribution in [3.63, 3.8) is 0 Å². The number of aromatic nitrogens is 2. The molecule has 0 spiro atoms. The van der Waals surface area contributed by atoms with Crippen LogP contribution in [0.1, 0.15) is 23.5 Å². The third kappa shape index (κ3) is 3.60. The largest absolute Gasteiger partial charge is 0.416 e. The first-order valence-electron chi connectivity index (χ1n) is 8.68. The van der Waals surface area contributed by atoms with E-state index in [9.17, 15) is 18.0 Å². The smallest absolute Gasteiger partial charge is 0.337 e. The molecule has 1 amide bonds. The average Bonchev–Trinajstić information content (AvgIpc) is 3.35. The lowest BCUT2D eigenvalue weighted by Gasteiger charge is -2.12. The van der Waals surface area contributed by atoms with Crippen LogP contribution in [0.3, 0.4) is 0 Å². The third-order valence-electron chi connectivity index (χ3n) is 4.83. The minimum absolute atomic E-state index is 0.183. The van der Waals surface area contributed by atoms with Crippen LogP contribution < -0.4 is 5.32 Å². The predicted octanol–water partition coefficient (Wildman–Crippen LogP) is 5.30. The number of nitrogens with zero attached hydrogens (tertiary/aromatic N) is 1. The normalized spacial score (nSPS) is 18.7. The summed E-state index contributed by atoms with van der Waals surface area (Å²) in [7, 11) is 0. The summed E-state index contributed by atoms with van der Waals surface area (Å²) in [5.74, 6) is -1.17. The molecule has 144 valence electrons. The Morgan fingerprint density at radius 1 is 1.18 bits per heavy atom. The van der Waals surface area contributed by atoms with Crippen molar-refractivity contribution in [3.8, 4) is 5.69 Å². The van der Waals surface area contributed by atoms with E-state index in [0.717, 1.165) is 11.8 Å². The van der Waals surface area contributed by atoms with Gasteiger partial charge in [-0.3, -0.25) is 9.36 Å². The van der Waals surface area contributed by atoms with Crippen molar-refractivity contribution in [1.82, 2.24) is 9.55 Å². The highest BCUT2D eigenvalue weighted by molar-refractivity contribution is 7.71. The maximum Gasteiger partial charge on any atom is 0.416 e. The van der Waals surface area contributed by atoms with Gasteiger partial charge in [-0.05, 0) is 54.4 Å². The van der Waals surface area contributed by atoms with E-state index in [1.165, 1.54) is 12.1 Å². The second kappa shape index (κ2) is 6.94. The van der Waals surface area contributed by atoms with Crippen LogP contribution in [0.25, 0.3) is 5.69 Å². The van der Waals surface area contributed by atoms with Gasteiger partial charge in [0, 0.05) is 29.7 Å². The van der Waals surface area contributed by atoms with Gasteiger partial charge in [0.2, 0.25) is 5.91 Å². The highest BCUT2D eigenvalue weighted by Crippen LogP contribution is 2.51. The van der Waals surface area contributed by atoms with E-state index in [4.69, 9.17) is 12.2 Å². The SMILES string of the molecule is O=C(Nc1cccc(-n2cc[nH]c2=S)c1)[C@H]1C[C@@H]1c1ccccc1C(F)(F)F. The molecule has 1 heterocycles. The maximum atomic E-state index is 13.2. The number of imidazole rings is 1. The molecule has 8 heteroatoms. The first-order valence-corrected chi connectivity index (χ1v) is 9.09. The predicted molar refractivity (Wildman–Crippen MR) is 102 cm³/mol. The molecule has 4 rings (SSSR count). The van der Waals surface area contributed by atoms with Gasteiger partial charge in [-0.15, -0.1) is 0 Å². The van der Waals surface area contributed by atoms with Crippen LogP contribution in [0.15, 0.2) is 60.9 Å². The number of hydrogen-bond donors (Lipinski definition) is 2. The van der Waals surface area contributed by atoms with Crippen molar-refractivity contribution in [2.24, 2.45) is 5.92 Å². The number of rotatable bonds is 4. The molecular weight excluding hydrogens is 387 g/mol. The highest BCUT2D eigenvalue weighted by atomic mass is 32.1. The summed E-state index contributed by atoms with van der Waals surface area (Å²) in [6.45, 7) is 0. The van der Waals surface area contributed by atoms with Crippen molar-refractivity contribution >= 4 is 23.8 Å². The van der Waals surface area contributed by atoms with E-state index in [0.29, 0.717) is 16.9 Å². The summed E-state index contributed by atoms with van der Waals surface area (Å²) in [5.41, 5.74) is 0.862. The van der Waals surface area contributed by atoms with Crippen LogP contribution in [0, 0.1) is 10.7 Å². The second-order valence-corrected chi connectivity index (χ2v) is 7.10. The van der Waals surface area contributed by atoms with Crippen LogP contribution in [0.5, 0.6) is 0 Å². The van der Waals surface area contributed by atoms with Crippen LogP contribution in [-0.4, -0.2) is 15.5 Å². The summed E-state index contributed by atoms with van der Waals surface area (Å²) in [6.07, 6.45) is -0.541. The first-order chi connectivity index (χ1) is 13.3. The molecule has 4 nitrogen and oxygen atoms in total. The summed E-state index contributed by atoms with van der Waals surface area (Å²) < 4.78 is 41.9. The Morgan fingerprint density at radius 3 is 2.68 bits per heavy atom. The summed E-state index contributed by atoms with van der Waals surface area (Å²) in [5, 5.41) is 2.81. The lowest BCUT2D eigenvalue weighted by Crippen LogP contribution is -2.16. The Morgan fingerprint density at radius 2 is 1.96 bits per heavy atom. The number of benzene rings is 2. The summed E-state index contributed by atoms with van der Waals surface area (Å²) in [4.78, 5) is 15.5. The van der Waals surface area contributed by atoms with Crippen LogP contribution >= 0.6 is 12.2 Å². The molecule has 1 aromatic heterocycles. The molecule has 1 aliphatic rings. The molecule has 0 saturated heterocycles. The van der Waals surface area contributed by atoms with E-state index in [-0.39, 0.29) is 11.5 Å². The number of H-pyrrole nitrogens is 1. The monoisotopic (exact) mass is 403 g/mol. The topological polar surface area (TPSA) is 49.8 Å². The van der Waals surface area contributed by atoms with Gasteiger partial charge >= 0.3 is 6.18 Å². The maximum absolute atomic E-state index is 13.2.